The van der Waals surface area contributed by atoms with E-state index in [2.05, 4.69) is 0 Å². The van der Waals surface area contributed by atoms with Gasteiger partial charge in [-0.05, 0) is 24.6 Å². The van der Waals surface area contributed by atoms with Crippen LogP contribution in [0.4, 0.5) is 4.39 Å². The van der Waals surface area contributed by atoms with Crippen LogP contribution in [0.5, 0.6) is 0 Å². The number of rotatable bonds is 3. The first kappa shape index (κ1) is 11.1. The molecule has 0 spiro atoms. The van der Waals surface area contributed by atoms with E-state index >= 15 is 0 Å². The highest BCUT2D eigenvalue weighted by Gasteiger charge is 2.18. The molecule has 0 radical (unpaired) electrons. The number of hydrogen-bond acceptors (Lipinski definition) is 2. The Morgan fingerprint density at radius 1 is 1.64 bits per heavy atom. The maximum absolute atomic E-state index is 13.2. The summed E-state index contributed by atoms with van der Waals surface area (Å²) in [7, 11) is 0. The van der Waals surface area contributed by atoms with Gasteiger partial charge in [-0.15, -0.1) is 0 Å². The summed E-state index contributed by atoms with van der Waals surface area (Å²) in [6.07, 6.45) is -0.883. The molecule has 1 atom stereocenters. The summed E-state index contributed by atoms with van der Waals surface area (Å²) in [4.78, 5) is 11.4. The number of carbonyl (C=O) groups is 1. The third-order valence-corrected chi connectivity index (χ3v) is 2.12. The van der Waals surface area contributed by atoms with Gasteiger partial charge in [-0.1, -0.05) is 18.5 Å². The van der Waals surface area contributed by atoms with Crippen LogP contribution in [0.2, 0.25) is 5.02 Å². The maximum atomic E-state index is 13.2. The fourth-order valence-corrected chi connectivity index (χ4v) is 1.21. The van der Waals surface area contributed by atoms with E-state index in [1.165, 1.54) is 12.1 Å². The zero-order chi connectivity index (χ0) is 10.7. The molecule has 0 aliphatic rings. The Morgan fingerprint density at radius 2 is 2.29 bits per heavy atom. The Morgan fingerprint density at radius 3 is 2.79 bits per heavy atom. The Bertz CT molecular complexity index is 352. The lowest BCUT2D eigenvalue weighted by Crippen LogP contribution is -2.20. The van der Waals surface area contributed by atoms with Gasteiger partial charge in [0.05, 0.1) is 5.56 Å². The van der Waals surface area contributed by atoms with Crippen LogP contribution < -0.4 is 0 Å². The first-order valence-electron chi connectivity index (χ1n) is 4.23. The molecule has 0 bridgehead atoms. The van der Waals surface area contributed by atoms with E-state index in [4.69, 9.17) is 11.6 Å². The van der Waals surface area contributed by atoms with Gasteiger partial charge < -0.3 is 5.11 Å². The second kappa shape index (κ2) is 4.53. The summed E-state index contributed by atoms with van der Waals surface area (Å²) in [6, 6.07) is 3.75. The number of aliphatic hydroxyl groups excluding tert-OH is 1. The Kier molecular flexibility index (Phi) is 3.61. The summed E-state index contributed by atoms with van der Waals surface area (Å²) in [5.41, 5.74) is -0.122. The number of carbonyl (C=O) groups excluding carboxylic acids is 1. The second-order valence-corrected chi connectivity index (χ2v) is 3.35. The zero-order valence-electron chi connectivity index (χ0n) is 7.63. The first-order valence-corrected chi connectivity index (χ1v) is 4.61. The van der Waals surface area contributed by atoms with Gasteiger partial charge >= 0.3 is 0 Å². The fraction of sp³-hybridized carbons (Fsp3) is 0.300. The molecule has 0 aromatic heterocycles. The van der Waals surface area contributed by atoms with Gasteiger partial charge in [0.2, 0.25) is 0 Å². The first-order chi connectivity index (χ1) is 6.56. The highest BCUT2D eigenvalue weighted by Crippen LogP contribution is 2.16. The van der Waals surface area contributed by atoms with E-state index in [9.17, 15) is 14.3 Å². The Labute approximate surface area is 86.3 Å². The molecule has 0 heterocycles. The summed E-state index contributed by atoms with van der Waals surface area (Å²) < 4.78 is 13.2. The number of aliphatic hydroxyl groups is 1. The molecule has 0 aliphatic carbocycles. The molecule has 1 rings (SSSR count). The fourth-order valence-electron chi connectivity index (χ4n) is 1.05. The van der Waals surface area contributed by atoms with Crippen molar-refractivity contribution in [1.29, 1.82) is 0 Å². The van der Waals surface area contributed by atoms with Crippen molar-refractivity contribution in [2.45, 2.75) is 19.4 Å². The van der Waals surface area contributed by atoms with Crippen LogP contribution in [0.1, 0.15) is 23.7 Å². The molecule has 4 heteroatoms. The van der Waals surface area contributed by atoms with E-state index in [0.29, 0.717) is 0 Å². The van der Waals surface area contributed by atoms with E-state index in [1.54, 1.807) is 6.92 Å². The second-order valence-electron chi connectivity index (χ2n) is 2.91. The van der Waals surface area contributed by atoms with Crippen molar-refractivity contribution in [2.75, 3.05) is 0 Å². The van der Waals surface area contributed by atoms with E-state index in [-0.39, 0.29) is 17.0 Å². The molecule has 1 unspecified atom stereocenters. The molecular weight excluding hydrogens is 207 g/mol. The molecule has 1 N–H and O–H groups in total. The summed E-state index contributed by atoms with van der Waals surface area (Å²) in [5.74, 6) is -1.31. The van der Waals surface area contributed by atoms with Crippen molar-refractivity contribution < 1.29 is 14.3 Å². The van der Waals surface area contributed by atoms with Gasteiger partial charge in [0.25, 0.3) is 0 Å². The van der Waals surface area contributed by atoms with Crippen LogP contribution in [0.25, 0.3) is 0 Å². The van der Waals surface area contributed by atoms with Gasteiger partial charge in [-0.3, -0.25) is 4.79 Å². The normalized spacial score (nSPS) is 12.6. The number of ketones is 1. The molecule has 76 valence electrons. The van der Waals surface area contributed by atoms with Crippen LogP contribution in [-0.4, -0.2) is 17.0 Å². The third kappa shape index (κ3) is 2.30. The SMILES string of the molecule is CCC(O)C(=O)c1ccc(Cl)cc1F. The van der Waals surface area contributed by atoms with E-state index in [0.717, 1.165) is 6.07 Å². The molecule has 0 aliphatic heterocycles. The molecule has 1 aromatic carbocycles. The van der Waals surface area contributed by atoms with E-state index < -0.39 is 17.7 Å². The lowest BCUT2D eigenvalue weighted by molar-refractivity contribution is 0.0736. The van der Waals surface area contributed by atoms with Gasteiger partial charge in [-0.2, -0.15) is 0 Å². The van der Waals surface area contributed by atoms with Crippen LogP contribution in [0.15, 0.2) is 18.2 Å². The predicted octanol–water partition coefficient (Wildman–Crippen LogP) is 2.43. The van der Waals surface area contributed by atoms with Gasteiger partial charge in [-0.25, -0.2) is 4.39 Å². The third-order valence-electron chi connectivity index (χ3n) is 1.89. The lowest BCUT2D eigenvalue weighted by Gasteiger charge is -2.07. The molecular formula is C10H10ClFO2. The predicted molar refractivity (Wildman–Crippen MR) is 52.0 cm³/mol. The van der Waals surface area contributed by atoms with Gasteiger partial charge in [0.1, 0.15) is 11.9 Å². The molecule has 0 saturated carbocycles. The molecule has 0 amide bonds. The summed E-state index contributed by atoms with van der Waals surface area (Å²) >= 11 is 5.52. The van der Waals surface area contributed by atoms with Crippen LogP contribution in [-0.2, 0) is 0 Å². The lowest BCUT2D eigenvalue weighted by atomic mass is 10.0. The molecule has 2 nitrogen and oxygen atoms in total. The minimum atomic E-state index is -1.15. The van der Waals surface area contributed by atoms with Crippen LogP contribution >= 0.6 is 11.6 Å². The largest absolute Gasteiger partial charge is 0.385 e. The standard InChI is InChI=1S/C10H10ClFO2/c1-2-9(13)10(14)7-4-3-6(11)5-8(7)12/h3-5,9,13H,2H2,1H3. The van der Waals surface area contributed by atoms with Crippen molar-refractivity contribution in [3.63, 3.8) is 0 Å². The monoisotopic (exact) mass is 216 g/mol. The van der Waals surface area contributed by atoms with Crippen molar-refractivity contribution in [3.8, 4) is 0 Å². The minimum absolute atomic E-state index is 0.122. The van der Waals surface area contributed by atoms with Gasteiger partial charge in [0.15, 0.2) is 5.78 Å². The number of hydrogen-bond donors (Lipinski definition) is 1. The van der Waals surface area contributed by atoms with Gasteiger partial charge in [0, 0.05) is 5.02 Å². The minimum Gasteiger partial charge on any atom is -0.385 e. The topological polar surface area (TPSA) is 37.3 Å². The number of benzene rings is 1. The molecule has 1 aromatic rings. The van der Waals surface area contributed by atoms with Crippen molar-refractivity contribution in [1.82, 2.24) is 0 Å². The molecule has 14 heavy (non-hydrogen) atoms. The zero-order valence-corrected chi connectivity index (χ0v) is 8.38. The van der Waals surface area contributed by atoms with Crippen molar-refractivity contribution in [2.24, 2.45) is 0 Å². The highest BCUT2D eigenvalue weighted by atomic mass is 35.5. The Balaban J connectivity index is 3.02. The molecule has 0 saturated heterocycles. The Hall–Kier alpha value is -0.930. The highest BCUT2D eigenvalue weighted by molar-refractivity contribution is 6.30. The smallest absolute Gasteiger partial charge is 0.194 e. The maximum Gasteiger partial charge on any atom is 0.194 e. The summed E-state index contributed by atoms with van der Waals surface area (Å²) in [5, 5.41) is 9.45. The van der Waals surface area contributed by atoms with Crippen LogP contribution in [0.3, 0.4) is 0 Å². The average molecular weight is 217 g/mol. The quantitative estimate of drug-likeness (QED) is 0.788. The van der Waals surface area contributed by atoms with Crippen molar-refractivity contribution in [3.05, 3.63) is 34.6 Å². The van der Waals surface area contributed by atoms with Crippen molar-refractivity contribution >= 4 is 17.4 Å². The number of Topliss-reactive ketones (excluding diaryl/α,β-unsaturated/α-hetero) is 1. The van der Waals surface area contributed by atoms with Crippen LogP contribution in [0, 0.1) is 5.82 Å². The average Bonchev–Trinajstić information content (AvgIpc) is 2.15. The summed E-state index contributed by atoms with van der Waals surface area (Å²) in [6.45, 7) is 1.65. The molecule has 0 fully saturated rings. The van der Waals surface area contributed by atoms with E-state index in [1.807, 2.05) is 0 Å². The number of halogens is 2.